The minimum atomic E-state index is 0.393. The van der Waals surface area contributed by atoms with Crippen molar-refractivity contribution in [2.75, 3.05) is 30.3 Å². The van der Waals surface area contributed by atoms with E-state index in [9.17, 15) is 0 Å². The van der Waals surface area contributed by atoms with Gasteiger partial charge in [0.2, 0.25) is 0 Å². The molecule has 142 valence electrons. The first-order chi connectivity index (χ1) is 13.2. The Hall–Kier alpha value is -2.80. The number of imidazole rings is 1. The number of nitrogens with zero attached hydrogens (tertiary/aromatic N) is 3. The van der Waals surface area contributed by atoms with Crippen LogP contribution in [0.15, 0.2) is 36.7 Å². The van der Waals surface area contributed by atoms with E-state index in [1.54, 1.807) is 6.20 Å². The lowest BCUT2D eigenvalue weighted by atomic mass is 10.1. The third kappa shape index (κ3) is 3.83. The molecule has 0 aliphatic carbocycles. The molecule has 3 aromatic rings. The summed E-state index contributed by atoms with van der Waals surface area (Å²) in [7, 11) is 0. The van der Waals surface area contributed by atoms with Crippen LogP contribution in [0.4, 0.5) is 17.2 Å². The summed E-state index contributed by atoms with van der Waals surface area (Å²) >= 11 is 0. The number of aromatic nitrogens is 3. The highest BCUT2D eigenvalue weighted by Crippen LogP contribution is 2.30. The predicted molar refractivity (Wildman–Crippen MR) is 108 cm³/mol. The Kier molecular flexibility index (Phi) is 5.11. The molecule has 0 spiro atoms. The monoisotopic (exact) mass is 366 g/mol. The van der Waals surface area contributed by atoms with Crippen LogP contribution in [0.5, 0.6) is 5.75 Å². The van der Waals surface area contributed by atoms with Crippen LogP contribution in [0, 0.1) is 6.92 Å². The number of benzene rings is 1. The van der Waals surface area contributed by atoms with Gasteiger partial charge in [0.05, 0.1) is 12.3 Å². The first-order valence-corrected chi connectivity index (χ1v) is 9.55. The van der Waals surface area contributed by atoms with Crippen LogP contribution in [0.1, 0.15) is 25.3 Å². The van der Waals surface area contributed by atoms with Gasteiger partial charge in [0.15, 0.2) is 11.5 Å². The van der Waals surface area contributed by atoms with Crippen LogP contribution < -0.4 is 20.7 Å². The summed E-state index contributed by atoms with van der Waals surface area (Å²) in [4.78, 5) is 4.48. The fourth-order valence-electron chi connectivity index (χ4n) is 3.43. The third-order valence-electron chi connectivity index (χ3n) is 4.86. The SMILES string of the molecule is CCOc1ccc(Nc2c(C)c(N[C@H]3CCCNC3)nn3ccnc23)cc1. The predicted octanol–water partition coefficient (Wildman–Crippen LogP) is 3.34. The Labute approximate surface area is 159 Å². The number of rotatable bonds is 6. The van der Waals surface area contributed by atoms with E-state index in [-0.39, 0.29) is 0 Å². The Morgan fingerprint density at radius 2 is 2.15 bits per heavy atom. The molecule has 3 N–H and O–H groups in total. The van der Waals surface area contributed by atoms with E-state index in [0.29, 0.717) is 12.6 Å². The molecule has 1 aliphatic rings. The summed E-state index contributed by atoms with van der Waals surface area (Å²) in [6.07, 6.45) is 5.98. The van der Waals surface area contributed by atoms with Crippen LogP contribution >= 0.6 is 0 Å². The zero-order chi connectivity index (χ0) is 18.6. The second kappa shape index (κ2) is 7.84. The summed E-state index contributed by atoms with van der Waals surface area (Å²) < 4.78 is 7.35. The summed E-state index contributed by atoms with van der Waals surface area (Å²) in [6.45, 7) is 6.78. The van der Waals surface area contributed by atoms with Crippen LogP contribution in [-0.2, 0) is 0 Å². The maximum Gasteiger partial charge on any atom is 0.177 e. The van der Waals surface area contributed by atoms with Crippen molar-refractivity contribution >= 4 is 22.8 Å². The van der Waals surface area contributed by atoms with Gasteiger partial charge in [-0.15, -0.1) is 5.10 Å². The van der Waals surface area contributed by atoms with Crippen molar-refractivity contribution in [1.82, 2.24) is 19.9 Å². The molecule has 1 saturated heterocycles. The van der Waals surface area contributed by atoms with E-state index in [4.69, 9.17) is 9.84 Å². The molecule has 3 heterocycles. The van der Waals surface area contributed by atoms with Gasteiger partial charge < -0.3 is 20.7 Å². The van der Waals surface area contributed by atoms with Crippen molar-refractivity contribution in [3.63, 3.8) is 0 Å². The van der Waals surface area contributed by atoms with Crippen LogP contribution in [0.25, 0.3) is 5.65 Å². The van der Waals surface area contributed by atoms with Crippen molar-refractivity contribution in [2.24, 2.45) is 0 Å². The number of ether oxygens (including phenoxy) is 1. The zero-order valence-electron chi connectivity index (χ0n) is 15.8. The lowest BCUT2D eigenvalue weighted by molar-refractivity contribution is 0.340. The second-order valence-electron chi connectivity index (χ2n) is 6.81. The molecular formula is C20H26N6O. The highest BCUT2D eigenvalue weighted by Gasteiger charge is 2.18. The highest BCUT2D eigenvalue weighted by molar-refractivity contribution is 5.80. The Morgan fingerprint density at radius 1 is 1.30 bits per heavy atom. The number of hydrogen-bond donors (Lipinski definition) is 3. The molecule has 7 nitrogen and oxygen atoms in total. The molecular weight excluding hydrogens is 340 g/mol. The minimum absolute atomic E-state index is 0.393. The molecule has 7 heteroatoms. The molecule has 0 saturated carbocycles. The largest absolute Gasteiger partial charge is 0.494 e. The quantitative estimate of drug-likeness (QED) is 0.621. The standard InChI is InChI=1S/C20H26N6O/c1-3-27-17-8-6-15(7-9-17)23-18-14(2)19(24-16-5-4-10-21-13-16)25-26-12-11-22-20(18)26/h6-9,11-12,16,21,23H,3-5,10,13H2,1-2H3,(H,24,25)/t16-/m0/s1. The summed E-state index contributed by atoms with van der Waals surface area (Å²) in [6, 6.07) is 8.37. The Balaban J connectivity index is 1.64. The van der Waals surface area contributed by atoms with Gasteiger partial charge in [-0.05, 0) is 57.5 Å². The van der Waals surface area contributed by atoms with E-state index in [0.717, 1.165) is 53.7 Å². The molecule has 0 radical (unpaired) electrons. The van der Waals surface area contributed by atoms with Crippen LogP contribution in [0.2, 0.25) is 0 Å². The van der Waals surface area contributed by atoms with Gasteiger partial charge in [-0.2, -0.15) is 0 Å². The molecule has 0 amide bonds. The minimum Gasteiger partial charge on any atom is -0.494 e. The summed E-state index contributed by atoms with van der Waals surface area (Å²) in [5.41, 5.74) is 3.83. The number of fused-ring (bicyclic) bond motifs is 1. The summed E-state index contributed by atoms with van der Waals surface area (Å²) in [5, 5.41) is 15.3. The van der Waals surface area contributed by atoms with E-state index < -0.39 is 0 Å². The average Bonchev–Trinajstić information content (AvgIpc) is 3.16. The second-order valence-corrected chi connectivity index (χ2v) is 6.81. The molecule has 1 atom stereocenters. The van der Waals surface area contributed by atoms with Gasteiger partial charge in [-0.25, -0.2) is 9.50 Å². The third-order valence-corrected chi connectivity index (χ3v) is 4.86. The van der Waals surface area contributed by atoms with Crippen molar-refractivity contribution in [3.05, 3.63) is 42.2 Å². The van der Waals surface area contributed by atoms with Gasteiger partial charge in [-0.1, -0.05) is 0 Å². The first-order valence-electron chi connectivity index (χ1n) is 9.55. The number of anilines is 3. The van der Waals surface area contributed by atoms with Gasteiger partial charge in [0.1, 0.15) is 5.75 Å². The van der Waals surface area contributed by atoms with Gasteiger partial charge in [-0.3, -0.25) is 0 Å². The maximum atomic E-state index is 5.53. The molecule has 27 heavy (non-hydrogen) atoms. The molecule has 0 bridgehead atoms. The Morgan fingerprint density at radius 3 is 2.89 bits per heavy atom. The molecule has 1 aliphatic heterocycles. The molecule has 4 rings (SSSR count). The van der Waals surface area contributed by atoms with Crippen molar-refractivity contribution in [1.29, 1.82) is 0 Å². The maximum absolute atomic E-state index is 5.53. The lowest BCUT2D eigenvalue weighted by Crippen LogP contribution is -2.38. The molecule has 0 unspecified atom stereocenters. The van der Waals surface area contributed by atoms with Gasteiger partial charge in [0, 0.05) is 36.2 Å². The van der Waals surface area contributed by atoms with E-state index >= 15 is 0 Å². The van der Waals surface area contributed by atoms with E-state index in [1.807, 2.05) is 41.9 Å². The fourth-order valence-corrected chi connectivity index (χ4v) is 3.43. The van der Waals surface area contributed by atoms with Gasteiger partial charge in [0.25, 0.3) is 0 Å². The van der Waals surface area contributed by atoms with Crippen molar-refractivity contribution in [2.45, 2.75) is 32.7 Å². The lowest BCUT2D eigenvalue weighted by Gasteiger charge is -2.25. The molecule has 1 fully saturated rings. The van der Waals surface area contributed by atoms with Gasteiger partial charge >= 0.3 is 0 Å². The summed E-state index contributed by atoms with van der Waals surface area (Å²) in [5.74, 6) is 1.76. The molecule has 2 aromatic heterocycles. The number of hydrogen-bond acceptors (Lipinski definition) is 6. The van der Waals surface area contributed by atoms with E-state index in [2.05, 4.69) is 27.9 Å². The average molecular weight is 366 g/mol. The highest BCUT2D eigenvalue weighted by atomic mass is 16.5. The number of nitrogens with one attached hydrogen (secondary N) is 3. The molecule has 1 aromatic carbocycles. The first kappa shape index (κ1) is 17.6. The van der Waals surface area contributed by atoms with Crippen LogP contribution in [-0.4, -0.2) is 40.3 Å². The normalized spacial score (nSPS) is 17.0. The van der Waals surface area contributed by atoms with Crippen molar-refractivity contribution in [3.8, 4) is 5.75 Å². The zero-order valence-corrected chi connectivity index (χ0v) is 15.8. The van der Waals surface area contributed by atoms with E-state index in [1.165, 1.54) is 6.42 Å². The topological polar surface area (TPSA) is 75.5 Å². The number of piperidine rings is 1. The van der Waals surface area contributed by atoms with Crippen molar-refractivity contribution < 1.29 is 4.74 Å². The fraction of sp³-hybridized carbons (Fsp3) is 0.400. The van der Waals surface area contributed by atoms with Crippen LogP contribution in [0.3, 0.4) is 0 Å². The smallest absolute Gasteiger partial charge is 0.177 e. The Bertz CT molecular complexity index is 899.